The van der Waals surface area contributed by atoms with Crippen LogP contribution in [-0.2, 0) is 11.7 Å². The highest BCUT2D eigenvalue weighted by Crippen LogP contribution is 2.68. The number of nitrogens with one attached hydrogen (secondary N) is 1. The maximum atomic E-state index is 13.1. The van der Waals surface area contributed by atoms with E-state index in [0.29, 0.717) is 23.2 Å². The first-order valence-corrected chi connectivity index (χ1v) is 12.9. The van der Waals surface area contributed by atoms with E-state index in [1.165, 1.54) is 18.9 Å². The standard InChI is InChI=1S/C28H26F3N7/c1-17(18-4-2-5-20(12-18)28(29,30)31)35-25-33-11-9-24(36-25)37-16-34-22-13-19(7-8-23(22)37)27-14-21-6-3-10-26(21,15-27)38(27)32/h2,4-5,7-9,11-13,16-17,21H,3,6,10,14-15H2,1H3,(H,33,35,36)/t17-,21?,26?,27?/m0/s1. The molecule has 2 saturated carbocycles. The third-order valence-corrected chi connectivity index (χ3v) is 8.96. The van der Waals surface area contributed by atoms with Crippen LogP contribution < -0.4 is 5.32 Å². The minimum atomic E-state index is -4.40. The van der Waals surface area contributed by atoms with E-state index in [-0.39, 0.29) is 11.1 Å². The lowest BCUT2D eigenvalue weighted by Gasteiger charge is -2.46. The molecule has 4 atom stereocenters. The summed E-state index contributed by atoms with van der Waals surface area (Å²) >= 11 is 0. The number of alkyl halides is 3. The number of aromatic nitrogens is 4. The van der Waals surface area contributed by atoms with Gasteiger partial charge in [0, 0.05) is 30.5 Å². The van der Waals surface area contributed by atoms with Crippen LogP contribution in [0.5, 0.6) is 0 Å². The third kappa shape index (κ3) is 3.25. The van der Waals surface area contributed by atoms with Gasteiger partial charge in [-0.3, -0.25) is 4.57 Å². The summed E-state index contributed by atoms with van der Waals surface area (Å²) in [5.41, 5.74) is 13.3. The van der Waals surface area contributed by atoms with Gasteiger partial charge in [-0.15, -0.1) is 0 Å². The summed E-state index contributed by atoms with van der Waals surface area (Å²) in [6, 6.07) is 12.7. The highest BCUT2D eigenvalue weighted by molar-refractivity contribution is 5.78. The number of benzene rings is 2. The summed E-state index contributed by atoms with van der Waals surface area (Å²) < 4.78 is 42.9. The number of hydrogen-bond donors (Lipinski definition) is 1. The molecule has 1 spiro atoms. The van der Waals surface area contributed by atoms with Crippen LogP contribution in [0, 0.1) is 5.92 Å². The molecular formula is C28H26F3N7. The van der Waals surface area contributed by atoms with Crippen LogP contribution in [0.4, 0.5) is 19.1 Å². The fraction of sp³-hybridized carbons (Fsp3) is 0.393. The van der Waals surface area contributed by atoms with E-state index in [4.69, 9.17) is 0 Å². The molecule has 2 aliphatic carbocycles. The molecule has 2 saturated heterocycles. The second-order valence-corrected chi connectivity index (χ2v) is 11.0. The van der Waals surface area contributed by atoms with Gasteiger partial charge in [0.15, 0.2) is 11.1 Å². The van der Waals surface area contributed by atoms with E-state index in [1.54, 1.807) is 36.3 Å². The van der Waals surface area contributed by atoms with Gasteiger partial charge < -0.3 is 15.5 Å². The molecule has 4 heterocycles. The molecule has 38 heavy (non-hydrogen) atoms. The van der Waals surface area contributed by atoms with Crippen LogP contribution in [0.1, 0.15) is 61.8 Å². The molecule has 2 aliphatic heterocycles. The zero-order chi connectivity index (χ0) is 26.3. The van der Waals surface area contributed by atoms with E-state index >= 15 is 0 Å². The minimum Gasteiger partial charge on any atom is -0.505 e. The largest absolute Gasteiger partial charge is 0.505 e. The van der Waals surface area contributed by atoms with E-state index in [1.807, 2.05) is 10.6 Å². The van der Waals surface area contributed by atoms with Crippen LogP contribution in [0.15, 0.2) is 61.1 Å². The third-order valence-electron chi connectivity index (χ3n) is 8.96. The second kappa shape index (κ2) is 7.85. The zero-order valence-electron chi connectivity index (χ0n) is 20.8. The first-order chi connectivity index (χ1) is 18.2. The van der Waals surface area contributed by atoms with Crippen molar-refractivity contribution in [1.29, 1.82) is 0 Å². The maximum absolute atomic E-state index is 13.1. The van der Waals surface area contributed by atoms with E-state index < -0.39 is 17.8 Å². The smallest absolute Gasteiger partial charge is 0.416 e. The predicted octanol–water partition coefficient (Wildman–Crippen LogP) is 6.58. The van der Waals surface area contributed by atoms with Gasteiger partial charge >= 0.3 is 6.18 Å². The van der Waals surface area contributed by atoms with Gasteiger partial charge in [-0.2, -0.15) is 18.2 Å². The van der Waals surface area contributed by atoms with Crippen LogP contribution in [-0.4, -0.2) is 29.8 Å². The summed E-state index contributed by atoms with van der Waals surface area (Å²) in [6.07, 6.45) is 4.35. The summed E-state index contributed by atoms with van der Waals surface area (Å²) in [7, 11) is 0. The Morgan fingerprint density at radius 1 is 1.16 bits per heavy atom. The summed E-state index contributed by atoms with van der Waals surface area (Å²) in [5, 5.41) is 3.11. The molecule has 0 radical (unpaired) electrons. The SMILES string of the molecule is C[C@H](Nc1nccc(-n2cnc3cc(C45CC6CCCC6(C4)[N+]5=[N-])ccc32)n1)c1cccc(C(F)(F)F)c1. The van der Waals surface area contributed by atoms with Gasteiger partial charge in [-0.05, 0) is 61.7 Å². The number of rotatable bonds is 5. The highest BCUT2D eigenvalue weighted by Gasteiger charge is 2.76. The fourth-order valence-electron chi connectivity index (χ4n) is 7.13. The second-order valence-electron chi connectivity index (χ2n) is 11.0. The average Bonchev–Trinajstić information content (AvgIpc) is 3.64. The number of hydrogen-bond acceptors (Lipinski definition) is 4. The van der Waals surface area contributed by atoms with Crippen molar-refractivity contribution < 1.29 is 17.9 Å². The molecule has 4 aliphatic rings. The van der Waals surface area contributed by atoms with Gasteiger partial charge in [0.05, 0.1) is 29.1 Å². The van der Waals surface area contributed by atoms with Crippen LogP contribution in [0.3, 0.4) is 0 Å². The molecule has 2 aromatic heterocycles. The Morgan fingerprint density at radius 2 is 2.03 bits per heavy atom. The Labute approximate surface area is 217 Å². The van der Waals surface area contributed by atoms with Crippen molar-refractivity contribution in [3.8, 4) is 5.82 Å². The Bertz CT molecular complexity index is 1590. The van der Waals surface area contributed by atoms with Crippen molar-refractivity contribution in [1.82, 2.24) is 19.5 Å². The molecule has 7 nitrogen and oxygen atoms in total. The first kappa shape index (κ1) is 23.3. The number of anilines is 1. The lowest BCUT2D eigenvalue weighted by atomic mass is 9.74. The number of imidazole rings is 1. The van der Waals surface area contributed by atoms with Gasteiger partial charge in [0.25, 0.3) is 0 Å². The first-order valence-electron chi connectivity index (χ1n) is 12.9. The van der Waals surface area contributed by atoms with Gasteiger partial charge in [-0.25, -0.2) is 9.97 Å². The highest BCUT2D eigenvalue weighted by atomic mass is 19.4. The molecule has 10 heteroatoms. The van der Waals surface area contributed by atoms with Crippen molar-refractivity contribution in [3.63, 3.8) is 0 Å². The van der Waals surface area contributed by atoms with Crippen molar-refractivity contribution >= 4 is 17.0 Å². The normalized spacial score (nSPS) is 26.8. The maximum Gasteiger partial charge on any atom is 0.416 e. The predicted molar refractivity (Wildman–Crippen MR) is 135 cm³/mol. The lowest BCUT2D eigenvalue weighted by Crippen LogP contribution is -2.58. The molecule has 4 fully saturated rings. The van der Waals surface area contributed by atoms with Gasteiger partial charge in [0.1, 0.15) is 12.1 Å². The zero-order valence-corrected chi connectivity index (χ0v) is 20.8. The fourth-order valence-corrected chi connectivity index (χ4v) is 7.13. The average molecular weight is 518 g/mol. The molecule has 3 unspecified atom stereocenters. The number of fused-ring (bicyclic) bond motifs is 1. The van der Waals surface area contributed by atoms with Crippen LogP contribution in [0.2, 0.25) is 0 Å². The topological polar surface area (TPSA) is 80.9 Å². The van der Waals surface area contributed by atoms with E-state index in [0.717, 1.165) is 48.0 Å². The molecular weight excluding hydrogens is 491 g/mol. The van der Waals surface area contributed by atoms with Crippen molar-refractivity contribution in [2.24, 2.45) is 5.92 Å². The van der Waals surface area contributed by atoms with Gasteiger partial charge in [0.2, 0.25) is 5.95 Å². The van der Waals surface area contributed by atoms with E-state index in [2.05, 4.69) is 32.4 Å². The quantitative estimate of drug-likeness (QED) is 0.303. The van der Waals surface area contributed by atoms with Crippen molar-refractivity contribution in [2.75, 3.05) is 5.32 Å². The molecule has 2 bridgehead atoms. The summed E-state index contributed by atoms with van der Waals surface area (Å²) in [4.78, 5) is 13.5. The van der Waals surface area contributed by atoms with Gasteiger partial charge in [-0.1, -0.05) is 12.1 Å². The molecule has 0 amide bonds. The lowest BCUT2D eigenvalue weighted by molar-refractivity contribution is -0.749. The molecule has 194 valence electrons. The van der Waals surface area contributed by atoms with Crippen LogP contribution >= 0.6 is 0 Å². The van der Waals surface area contributed by atoms with Crippen LogP contribution in [0.25, 0.3) is 22.4 Å². The molecule has 2 aromatic carbocycles. The monoisotopic (exact) mass is 517 g/mol. The Morgan fingerprint density at radius 3 is 2.82 bits per heavy atom. The van der Waals surface area contributed by atoms with Crippen molar-refractivity contribution in [3.05, 3.63) is 83.3 Å². The Hall–Kier alpha value is -3.82. The summed E-state index contributed by atoms with van der Waals surface area (Å²) in [5.74, 6) is 1.46. The molecule has 8 rings (SSSR count). The summed E-state index contributed by atoms with van der Waals surface area (Å²) in [6.45, 7) is 1.77. The Balaban J connectivity index is 1.15. The molecule has 1 N–H and O–H groups in total. The van der Waals surface area contributed by atoms with Crippen molar-refractivity contribution in [2.45, 2.75) is 62.3 Å². The minimum absolute atomic E-state index is 0.0239. The molecule has 4 aromatic rings. The number of halogens is 3. The van der Waals surface area contributed by atoms with E-state index in [9.17, 15) is 18.7 Å². The Kier molecular flexibility index (Phi) is 4.81. The number of nitrogens with zero attached hydrogens (tertiary/aromatic N) is 6.